The molecule has 2 aliphatic rings. The zero-order valence-corrected chi connectivity index (χ0v) is 36.9. The highest BCUT2D eigenvalue weighted by molar-refractivity contribution is 8.00. The monoisotopic (exact) mass is 884 g/mol. The number of nitrogens with one attached hydrogen (secondary N) is 3. The second-order valence-corrected chi connectivity index (χ2v) is 18.4. The molecule has 1 atom stereocenters. The molecule has 0 saturated carbocycles. The molecule has 7 aromatic carbocycles. The maximum absolute atomic E-state index is 12.4. The zero-order valence-electron chi connectivity index (χ0n) is 34.4. The Kier molecular flexibility index (Phi) is 14.0. The molecule has 14 heteroatoms. The fourth-order valence-electron chi connectivity index (χ4n) is 6.58. The van der Waals surface area contributed by atoms with E-state index in [4.69, 9.17) is 21.9 Å². The van der Waals surface area contributed by atoms with Crippen LogP contribution in [-0.4, -0.2) is 31.3 Å². The predicted molar refractivity (Wildman–Crippen MR) is 255 cm³/mol. The molecule has 312 valence electrons. The van der Waals surface area contributed by atoms with Gasteiger partial charge < -0.3 is 20.7 Å². The van der Waals surface area contributed by atoms with Crippen molar-refractivity contribution in [1.29, 1.82) is 5.26 Å². The van der Waals surface area contributed by atoms with Crippen LogP contribution in [0.3, 0.4) is 0 Å². The number of nitrogens with zero attached hydrogens (tertiary/aromatic N) is 3. The number of hydrazone groups is 1. The van der Waals surface area contributed by atoms with E-state index < -0.39 is 17.1 Å². The summed E-state index contributed by atoms with van der Waals surface area (Å²) >= 11 is 3.50. The molecule has 2 heterocycles. The second-order valence-electron chi connectivity index (χ2n) is 14.6. The van der Waals surface area contributed by atoms with Crippen molar-refractivity contribution in [1.82, 2.24) is 4.83 Å². The van der Waals surface area contributed by atoms with Crippen molar-refractivity contribution >= 4 is 80.3 Å². The van der Waals surface area contributed by atoms with Crippen LogP contribution in [0.1, 0.15) is 47.6 Å². The third-order valence-corrected chi connectivity index (χ3v) is 13.7. The van der Waals surface area contributed by atoms with Gasteiger partial charge in [-0.3, -0.25) is 0 Å². The lowest BCUT2D eigenvalue weighted by atomic mass is 9.80. The van der Waals surface area contributed by atoms with Gasteiger partial charge in [-0.25, -0.2) is 4.85 Å². The third kappa shape index (κ3) is 11.0. The van der Waals surface area contributed by atoms with Crippen LogP contribution in [0, 0.1) is 24.8 Å². The zero-order chi connectivity index (χ0) is 44.5. The molecule has 0 spiro atoms. The van der Waals surface area contributed by atoms with Crippen molar-refractivity contribution in [2.45, 2.75) is 51.2 Å². The van der Waals surface area contributed by atoms with Gasteiger partial charge in [-0.05, 0) is 109 Å². The molecule has 0 aliphatic carbocycles. The van der Waals surface area contributed by atoms with Crippen molar-refractivity contribution in [2.75, 3.05) is 10.6 Å². The van der Waals surface area contributed by atoms with Crippen LogP contribution in [-0.2, 0) is 10.0 Å². The molecule has 0 amide bonds. The summed E-state index contributed by atoms with van der Waals surface area (Å²) in [7, 11) is -5.18. The minimum atomic E-state index is -3.69. The van der Waals surface area contributed by atoms with Gasteiger partial charge in [0.2, 0.25) is 0 Å². The van der Waals surface area contributed by atoms with E-state index in [1.165, 1.54) is 26.3 Å². The maximum atomic E-state index is 12.4. The molecular weight excluding hydrogens is 844 g/mol. The van der Waals surface area contributed by atoms with Crippen molar-refractivity contribution in [2.24, 2.45) is 5.10 Å². The molecule has 9 rings (SSSR count). The summed E-state index contributed by atoms with van der Waals surface area (Å²) in [5, 5.41) is 37.6. The number of hydrogen-bond acceptors (Lipinski definition) is 10. The molecule has 1 unspecified atom stereocenters. The van der Waals surface area contributed by atoms with Gasteiger partial charge in [0.05, 0.1) is 51.6 Å². The van der Waals surface area contributed by atoms with Crippen LogP contribution >= 0.6 is 23.5 Å². The van der Waals surface area contributed by atoms with Gasteiger partial charge in [-0.2, -0.15) is 23.6 Å². The first-order chi connectivity index (χ1) is 30.4. The van der Waals surface area contributed by atoms with Crippen molar-refractivity contribution < 1.29 is 18.5 Å². The average Bonchev–Trinajstić information content (AvgIpc) is 3.31. The van der Waals surface area contributed by atoms with E-state index >= 15 is 0 Å². The normalized spacial score (nSPS) is 12.5. The van der Waals surface area contributed by atoms with Gasteiger partial charge in [0.25, 0.3) is 10.0 Å². The van der Waals surface area contributed by atoms with Gasteiger partial charge in [0.15, 0.2) is 5.69 Å². The predicted octanol–water partition coefficient (Wildman–Crippen LogP) is 10.7. The first-order valence-electron chi connectivity index (χ1n) is 19.7. The summed E-state index contributed by atoms with van der Waals surface area (Å²) in [6, 6.07) is 52.0. The quantitative estimate of drug-likeness (QED) is 0.0456. The summed E-state index contributed by atoms with van der Waals surface area (Å²) in [5.74, 6) is 0.243. The largest absolute Gasteiger partial charge is 0.487 e. The summed E-state index contributed by atoms with van der Waals surface area (Å²) in [5.41, 5.74) is 10.7. The van der Waals surface area contributed by atoms with E-state index in [1.807, 2.05) is 61.5 Å². The summed E-state index contributed by atoms with van der Waals surface area (Å²) in [6.45, 7) is 12.5. The first kappa shape index (κ1) is 44.3. The van der Waals surface area contributed by atoms with Crippen LogP contribution < -0.4 is 20.9 Å². The van der Waals surface area contributed by atoms with Gasteiger partial charge in [0, 0.05) is 25.5 Å². The Morgan fingerprint density at radius 3 is 1.95 bits per heavy atom. The van der Waals surface area contributed by atoms with Gasteiger partial charge >= 0.3 is 7.12 Å². The van der Waals surface area contributed by atoms with Gasteiger partial charge in [-0.1, -0.05) is 121 Å². The van der Waals surface area contributed by atoms with E-state index in [2.05, 4.69) is 93.0 Å². The van der Waals surface area contributed by atoms with Crippen LogP contribution in [0.5, 0.6) is 0 Å². The highest BCUT2D eigenvalue weighted by Gasteiger charge is 2.19. The Morgan fingerprint density at radius 2 is 1.32 bits per heavy atom. The number of nitriles is 1. The number of para-hydroxylation sites is 2. The average molecular weight is 885 g/mol. The Labute approximate surface area is 376 Å². The van der Waals surface area contributed by atoms with Crippen LogP contribution in [0.15, 0.2) is 187 Å². The Hall–Kier alpha value is -6.78. The number of anilines is 4. The molecule has 7 aromatic rings. The minimum Gasteiger partial charge on any atom is -0.423 e. The summed E-state index contributed by atoms with van der Waals surface area (Å²) in [6.07, 6.45) is 0. The van der Waals surface area contributed by atoms with Gasteiger partial charge in [-0.15, -0.1) is 0 Å². The molecule has 10 nitrogen and oxygen atoms in total. The minimum absolute atomic E-state index is 0.190. The van der Waals surface area contributed by atoms with Crippen LogP contribution in [0.25, 0.3) is 4.85 Å². The fourth-order valence-corrected chi connectivity index (χ4v) is 9.37. The molecule has 0 aromatic heterocycles. The molecule has 0 fully saturated rings. The third-order valence-electron chi connectivity index (χ3n) is 10.1. The smallest absolute Gasteiger partial charge is 0.423 e. The number of aryl methyl sites for hydroxylation is 1. The molecule has 0 radical (unpaired) electrons. The molecule has 2 aliphatic heterocycles. The van der Waals surface area contributed by atoms with Gasteiger partial charge in [0.1, 0.15) is 0 Å². The van der Waals surface area contributed by atoms with Crippen molar-refractivity contribution in [3.63, 3.8) is 0 Å². The lowest BCUT2D eigenvalue weighted by Crippen LogP contribution is -2.29. The topological polar surface area (TPSA) is 151 Å². The Bertz CT molecular complexity index is 3020. The maximum Gasteiger partial charge on any atom is 0.487 e. The lowest BCUT2D eigenvalue weighted by molar-refractivity contribution is 0.426. The van der Waals surface area contributed by atoms with E-state index in [0.29, 0.717) is 22.4 Å². The van der Waals surface area contributed by atoms with Crippen LogP contribution in [0.2, 0.25) is 0 Å². The summed E-state index contributed by atoms with van der Waals surface area (Å²) < 4.78 is 24.8. The second kappa shape index (κ2) is 19.9. The Balaban J connectivity index is 0.000000154. The number of hydrogen-bond donors (Lipinski definition) is 5. The lowest BCUT2D eigenvalue weighted by Gasteiger charge is -2.22. The highest BCUT2D eigenvalue weighted by atomic mass is 32.2. The number of sulfonamides is 1. The fraction of sp³-hybridized carbons (Fsp3) is 0.0816. The Morgan fingerprint density at radius 1 is 0.730 bits per heavy atom. The van der Waals surface area contributed by atoms with Crippen molar-refractivity contribution in [3.05, 3.63) is 197 Å². The molecule has 63 heavy (non-hydrogen) atoms. The first-order valence-corrected chi connectivity index (χ1v) is 22.8. The van der Waals surface area contributed by atoms with E-state index in [1.54, 1.807) is 72.9 Å². The van der Waals surface area contributed by atoms with E-state index in [0.717, 1.165) is 44.3 Å². The van der Waals surface area contributed by atoms with E-state index in [-0.39, 0.29) is 10.8 Å². The summed E-state index contributed by atoms with van der Waals surface area (Å²) in [4.78, 5) is 10.5. The molecule has 0 bridgehead atoms. The highest BCUT2D eigenvalue weighted by Crippen LogP contribution is 2.46. The SMILES string of the molecule is C/C(=N\NS(=O)(=O)c1ccc(C)cc1)c1ccc2c(c1)Nc1ccccc1S2.CC(c1cccc(C#N)c1)c1ccc2c(c1)Nc1ccccc1S2.[C-]#[N+]c1cccc(B(O)O)c1. The van der Waals surface area contributed by atoms with Crippen molar-refractivity contribution in [3.8, 4) is 6.07 Å². The number of benzene rings is 7. The molecular formula is C49H41BN6O4S3. The molecule has 5 N–H and O–H groups in total. The standard InChI is InChI=1S/C21H19N3O2S2.C21H16N2S.C7H6BNO2/c1-14-7-10-17(11-8-14)28(25,26)24-23-15(2)16-9-12-21-19(13-16)22-18-5-3-4-6-20(18)27-21;1-14(16-6-4-5-15(11-16)13-22)17-9-10-21-19(12-17)23-18-7-2-3-8-20(18)24-21;1-9-7-4-2-3-6(5-7)8(10)11/h3-13,22,24H,1-2H3;2-12,14,23H,1H3;2-5,10-11H/b23-15+;;. The molecule has 0 saturated heterocycles. The number of rotatable bonds is 7. The number of fused-ring (bicyclic) bond motifs is 4. The van der Waals surface area contributed by atoms with E-state index in [9.17, 15) is 8.42 Å². The van der Waals surface area contributed by atoms with Crippen LogP contribution in [0.4, 0.5) is 28.4 Å².